The van der Waals surface area contributed by atoms with Crippen LogP contribution >= 0.6 is 0 Å². The van der Waals surface area contributed by atoms with Crippen LogP contribution in [0.15, 0.2) is 24.3 Å². The van der Waals surface area contributed by atoms with Crippen molar-refractivity contribution < 1.29 is 9.50 Å². The minimum Gasteiger partial charge on any atom is -0.385 e. The fraction of sp³-hybridized carbons (Fsp3) is 0.538. The first-order valence-corrected chi connectivity index (χ1v) is 5.74. The standard InChI is InChI=1S/C13H18FNO/c1-9-7-15-8-10(2)13(9,16)11-4-3-5-12(14)6-11/h3-6,9-10,15-16H,7-8H2,1-2H3/t9-,10+,13-. The van der Waals surface area contributed by atoms with E-state index >= 15 is 0 Å². The molecule has 0 saturated carbocycles. The number of piperidine rings is 1. The molecule has 1 fully saturated rings. The molecular weight excluding hydrogens is 205 g/mol. The molecule has 1 heterocycles. The summed E-state index contributed by atoms with van der Waals surface area (Å²) in [5.41, 5.74) is -0.234. The van der Waals surface area contributed by atoms with E-state index < -0.39 is 5.60 Å². The second-order valence-corrected chi connectivity index (χ2v) is 4.80. The Morgan fingerprint density at radius 1 is 1.31 bits per heavy atom. The van der Waals surface area contributed by atoms with Gasteiger partial charge in [0.1, 0.15) is 5.82 Å². The summed E-state index contributed by atoms with van der Waals surface area (Å²) < 4.78 is 13.2. The van der Waals surface area contributed by atoms with Gasteiger partial charge in [0.2, 0.25) is 0 Å². The van der Waals surface area contributed by atoms with Crippen molar-refractivity contribution >= 4 is 0 Å². The molecule has 0 radical (unpaired) electrons. The van der Waals surface area contributed by atoms with Gasteiger partial charge in [-0.25, -0.2) is 4.39 Å². The van der Waals surface area contributed by atoms with Crippen LogP contribution in [-0.2, 0) is 5.60 Å². The highest BCUT2D eigenvalue weighted by Gasteiger charge is 2.43. The average molecular weight is 223 g/mol. The van der Waals surface area contributed by atoms with Crippen LogP contribution in [0, 0.1) is 17.7 Å². The Labute approximate surface area is 95.5 Å². The van der Waals surface area contributed by atoms with Crippen LogP contribution in [0.25, 0.3) is 0 Å². The molecule has 16 heavy (non-hydrogen) atoms. The van der Waals surface area contributed by atoms with Gasteiger partial charge >= 0.3 is 0 Å². The molecule has 3 atom stereocenters. The molecule has 0 aromatic heterocycles. The Hall–Kier alpha value is -0.930. The van der Waals surface area contributed by atoms with Crippen molar-refractivity contribution in [3.63, 3.8) is 0 Å². The number of halogens is 1. The molecule has 1 aromatic rings. The normalized spacial score (nSPS) is 35.0. The van der Waals surface area contributed by atoms with Crippen molar-refractivity contribution in [3.05, 3.63) is 35.6 Å². The minimum atomic E-state index is -0.923. The lowest BCUT2D eigenvalue weighted by Gasteiger charge is -2.44. The molecule has 0 bridgehead atoms. The Balaban J connectivity index is 2.42. The fourth-order valence-corrected chi connectivity index (χ4v) is 2.62. The van der Waals surface area contributed by atoms with Gasteiger partial charge in [0.05, 0.1) is 5.60 Å². The predicted octanol–water partition coefficient (Wildman–Crippen LogP) is 1.89. The zero-order chi connectivity index (χ0) is 11.8. The number of nitrogens with one attached hydrogen (secondary N) is 1. The van der Waals surface area contributed by atoms with E-state index in [-0.39, 0.29) is 17.7 Å². The van der Waals surface area contributed by atoms with E-state index in [9.17, 15) is 9.50 Å². The molecule has 1 saturated heterocycles. The molecule has 1 aromatic carbocycles. The SMILES string of the molecule is C[C@@H]1CNC[C@H](C)[C@@]1(O)c1cccc(F)c1. The molecule has 1 aliphatic rings. The Morgan fingerprint density at radius 3 is 2.50 bits per heavy atom. The van der Waals surface area contributed by atoms with Crippen molar-refractivity contribution in [2.24, 2.45) is 11.8 Å². The average Bonchev–Trinajstić information content (AvgIpc) is 2.26. The molecule has 2 N–H and O–H groups in total. The monoisotopic (exact) mass is 223 g/mol. The summed E-state index contributed by atoms with van der Waals surface area (Å²) in [5, 5.41) is 14.1. The Kier molecular flexibility index (Phi) is 3.00. The maximum Gasteiger partial charge on any atom is 0.123 e. The van der Waals surface area contributed by atoms with Crippen molar-refractivity contribution in [2.45, 2.75) is 19.4 Å². The van der Waals surface area contributed by atoms with Crippen molar-refractivity contribution in [2.75, 3.05) is 13.1 Å². The Morgan fingerprint density at radius 2 is 1.94 bits per heavy atom. The van der Waals surface area contributed by atoms with Gasteiger partial charge in [0.15, 0.2) is 0 Å². The fourth-order valence-electron chi connectivity index (χ4n) is 2.62. The summed E-state index contributed by atoms with van der Waals surface area (Å²) in [7, 11) is 0. The van der Waals surface area contributed by atoms with Crippen molar-refractivity contribution in [1.29, 1.82) is 0 Å². The molecule has 0 amide bonds. The van der Waals surface area contributed by atoms with Gasteiger partial charge in [0, 0.05) is 24.9 Å². The zero-order valence-electron chi connectivity index (χ0n) is 9.70. The van der Waals surface area contributed by atoms with Gasteiger partial charge in [-0.15, -0.1) is 0 Å². The Bertz CT molecular complexity index is 370. The van der Waals surface area contributed by atoms with Crippen LogP contribution in [0.5, 0.6) is 0 Å². The molecule has 88 valence electrons. The summed E-state index contributed by atoms with van der Waals surface area (Å²) in [5.74, 6) is -0.125. The topological polar surface area (TPSA) is 32.3 Å². The first kappa shape index (κ1) is 11.6. The van der Waals surface area contributed by atoms with Gasteiger partial charge in [-0.2, -0.15) is 0 Å². The lowest BCUT2D eigenvalue weighted by Crippen LogP contribution is -2.52. The van der Waals surface area contributed by atoms with Gasteiger partial charge in [0.25, 0.3) is 0 Å². The van der Waals surface area contributed by atoms with Crippen LogP contribution in [0.2, 0.25) is 0 Å². The first-order valence-electron chi connectivity index (χ1n) is 5.74. The summed E-state index contributed by atoms with van der Waals surface area (Å²) in [6.07, 6.45) is 0. The molecule has 2 rings (SSSR count). The molecule has 1 aliphatic heterocycles. The quantitative estimate of drug-likeness (QED) is 0.762. The third-order valence-corrected chi connectivity index (χ3v) is 3.69. The number of hydrogen-bond donors (Lipinski definition) is 2. The van der Waals surface area contributed by atoms with E-state index in [1.807, 2.05) is 13.8 Å². The van der Waals surface area contributed by atoms with Crippen LogP contribution < -0.4 is 5.32 Å². The number of hydrogen-bond acceptors (Lipinski definition) is 2. The molecular formula is C13H18FNO. The van der Waals surface area contributed by atoms with Gasteiger partial charge in [-0.1, -0.05) is 26.0 Å². The van der Waals surface area contributed by atoms with Crippen LogP contribution in [0.1, 0.15) is 19.4 Å². The van der Waals surface area contributed by atoms with Crippen LogP contribution in [-0.4, -0.2) is 18.2 Å². The molecule has 0 aliphatic carbocycles. The zero-order valence-corrected chi connectivity index (χ0v) is 9.70. The van der Waals surface area contributed by atoms with E-state index in [4.69, 9.17) is 0 Å². The predicted molar refractivity (Wildman–Crippen MR) is 61.5 cm³/mol. The van der Waals surface area contributed by atoms with E-state index in [0.29, 0.717) is 5.56 Å². The third-order valence-electron chi connectivity index (χ3n) is 3.69. The lowest BCUT2D eigenvalue weighted by molar-refractivity contribution is -0.0808. The molecule has 3 heteroatoms. The van der Waals surface area contributed by atoms with E-state index in [0.717, 1.165) is 13.1 Å². The highest BCUT2D eigenvalue weighted by molar-refractivity contribution is 5.26. The minimum absolute atomic E-state index is 0.0815. The second-order valence-electron chi connectivity index (χ2n) is 4.80. The largest absolute Gasteiger partial charge is 0.385 e. The lowest BCUT2D eigenvalue weighted by atomic mass is 9.71. The van der Waals surface area contributed by atoms with E-state index in [2.05, 4.69) is 5.32 Å². The highest BCUT2D eigenvalue weighted by atomic mass is 19.1. The molecule has 2 nitrogen and oxygen atoms in total. The van der Waals surface area contributed by atoms with Crippen molar-refractivity contribution in [3.8, 4) is 0 Å². The van der Waals surface area contributed by atoms with Gasteiger partial charge in [-0.3, -0.25) is 0 Å². The summed E-state index contributed by atoms with van der Waals surface area (Å²) >= 11 is 0. The van der Waals surface area contributed by atoms with Crippen molar-refractivity contribution in [1.82, 2.24) is 5.32 Å². The first-order chi connectivity index (χ1) is 7.55. The summed E-state index contributed by atoms with van der Waals surface area (Å²) in [4.78, 5) is 0. The third kappa shape index (κ3) is 1.74. The summed E-state index contributed by atoms with van der Waals surface area (Å²) in [6, 6.07) is 6.31. The number of aliphatic hydroxyl groups is 1. The van der Waals surface area contributed by atoms with Crippen LogP contribution in [0.4, 0.5) is 4.39 Å². The van der Waals surface area contributed by atoms with E-state index in [1.165, 1.54) is 12.1 Å². The van der Waals surface area contributed by atoms with Gasteiger partial charge < -0.3 is 10.4 Å². The molecule has 0 unspecified atom stereocenters. The molecule has 0 spiro atoms. The summed E-state index contributed by atoms with van der Waals surface area (Å²) in [6.45, 7) is 5.51. The maximum absolute atomic E-state index is 13.2. The van der Waals surface area contributed by atoms with E-state index in [1.54, 1.807) is 12.1 Å². The number of benzene rings is 1. The highest BCUT2D eigenvalue weighted by Crippen LogP contribution is 2.38. The smallest absolute Gasteiger partial charge is 0.123 e. The number of rotatable bonds is 1. The van der Waals surface area contributed by atoms with Gasteiger partial charge in [-0.05, 0) is 17.7 Å². The second kappa shape index (κ2) is 4.15. The maximum atomic E-state index is 13.2. The van der Waals surface area contributed by atoms with Crippen LogP contribution in [0.3, 0.4) is 0 Å².